The molecule has 0 amide bonds. The highest BCUT2D eigenvalue weighted by Crippen LogP contribution is 2.16. The Hall–Kier alpha value is -1.63. The molecule has 2 rings (SSSR count). The smallest absolute Gasteiger partial charge is 0.151 e. The predicted octanol–water partition coefficient (Wildman–Crippen LogP) is 1.14. The van der Waals surface area contributed by atoms with Gasteiger partial charge in [0.2, 0.25) is 0 Å². The number of nitrogens with zero attached hydrogens (tertiary/aromatic N) is 4. The van der Waals surface area contributed by atoms with E-state index in [9.17, 15) is 0 Å². The number of nitriles is 1. The lowest BCUT2D eigenvalue weighted by Crippen LogP contribution is -2.19. The summed E-state index contributed by atoms with van der Waals surface area (Å²) in [5, 5.41) is 16.6. The summed E-state index contributed by atoms with van der Waals surface area (Å²) in [4.78, 5) is 2.23. The highest BCUT2D eigenvalue weighted by Gasteiger charge is 2.13. The summed E-state index contributed by atoms with van der Waals surface area (Å²) < 4.78 is 0. The fourth-order valence-corrected chi connectivity index (χ4v) is 1.64. The second-order valence-electron chi connectivity index (χ2n) is 3.41. The molecule has 0 N–H and O–H groups in total. The third-order valence-corrected chi connectivity index (χ3v) is 2.40. The molecule has 1 saturated heterocycles. The summed E-state index contributed by atoms with van der Waals surface area (Å²) in [6, 6.07) is 5.89. The number of aromatic nitrogens is 2. The molecule has 0 aromatic carbocycles. The fraction of sp³-hybridized carbons (Fsp3) is 0.500. The lowest BCUT2D eigenvalue weighted by atomic mass is 10.3. The largest absolute Gasteiger partial charge is 0.355 e. The Morgan fingerprint density at radius 1 is 1.29 bits per heavy atom. The van der Waals surface area contributed by atoms with Gasteiger partial charge in [-0.3, -0.25) is 0 Å². The maximum Gasteiger partial charge on any atom is 0.151 e. The third kappa shape index (κ3) is 1.82. The molecule has 0 unspecified atom stereocenters. The van der Waals surface area contributed by atoms with E-state index in [2.05, 4.69) is 21.2 Å². The maximum atomic E-state index is 8.47. The van der Waals surface area contributed by atoms with Crippen LogP contribution in [0.5, 0.6) is 0 Å². The first-order valence-electron chi connectivity index (χ1n) is 4.84. The highest BCUT2D eigenvalue weighted by molar-refractivity contribution is 5.38. The van der Waals surface area contributed by atoms with Crippen LogP contribution in [-0.2, 0) is 6.42 Å². The van der Waals surface area contributed by atoms with Gasteiger partial charge in [0.1, 0.15) is 0 Å². The van der Waals surface area contributed by atoms with E-state index in [-0.39, 0.29) is 0 Å². The first-order chi connectivity index (χ1) is 6.90. The van der Waals surface area contributed by atoms with Gasteiger partial charge in [0.05, 0.1) is 18.2 Å². The van der Waals surface area contributed by atoms with Crippen LogP contribution in [0.25, 0.3) is 0 Å². The Bertz CT molecular complexity index is 332. The van der Waals surface area contributed by atoms with Crippen LogP contribution in [0.1, 0.15) is 18.5 Å². The highest BCUT2D eigenvalue weighted by atomic mass is 15.3. The van der Waals surface area contributed by atoms with E-state index in [1.165, 1.54) is 12.8 Å². The van der Waals surface area contributed by atoms with E-state index in [0.717, 1.165) is 24.6 Å². The molecule has 1 aromatic rings. The van der Waals surface area contributed by atoms with Crippen molar-refractivity contribution in [2.45, 2.75) is 19.3 Å². The van der Waals surface area contributed by atoms with Crippen molar-refractivity contribution in [2.24, 2.45) is 0 Å². The van der Waals surface area contributed by atoms with Gasteiger partial charge in [0.15, 0.2) is 5.82 Å². The SMILES string of the molecule is N#CCc1ccc(N2CCCC2)nn1. The summed E-state index contributed by atoms with van der Waals surface area (Å²) in [7, 11) is 0. The van der Waals surface area contributed by atoms with E-state index in [4.69, 9.17) is 5.26 Å². The van der Waals surface area contributed by atoms with Crippen LogP contribution in [0.4, 0.5) is 5.82 Å². The van der Waals surface area contributed by atoms with Crippen molar-refractivity contribution in [2.75, 3.05) is 18.0 Å². The van der Waals surface area contributed by atoms with Crippen molar-refractivity contribution < 1.29 is 0 Å². The summed E-state index contributed by atoms with van der Waals surface area (Å²) in [5.41, 5.74) is 0.746. The minimum Gasteiger partial charge on any atom is -0.355 e. The standard InChI is InChI=1S/C10H12N4/c11-6-5-9-3-4-10(13-12-9)14-7-1-2-8-14/h3-4H,1-2,5,7-8H2. The van der Waals surface area contributed by atoms with Gasteiger partial charge in [-0.2, -0.15) is 10.4 Å². The van der Waals surface area contributed by atoms with Crippen LogP contribution in [0.15, 0.2) is 12.1 Å². The molecule has 72 valence electrons. The molecule has 2 heterocycles. The van der Waals surface area contributed by atoms with Crippen LogP contribution < -0.4 is 4.90 Å². The molecule has 1 aliphatic rings. The summed E-state index contributed by atoms with van der Waals surface area (Å²) in [6.45, 7) is 2.15. The van der Waals surface area contributed by atoms with E-state index < -0.39 is 0 Å². The predicted molar refractivity (Wildman–Crippen MR) is 52.8 cm³/mol. The van der Waals surface area contributed by atoms with E-state index in [1.54, 1.807) is 0 Å². The molecule has 1 aliphatic heterocycles. The summed E-state index contributed by atoms with van der Waals surface area (Å²) in [5.74, 6) is 0.934. The molecule has 1 fully saturated rings. The van der Waals surface area contributed by atoms with Gasteiger partial charge in [0.25, 0.3) is 0 Å². The molecule has 4 nitrogen and oxygen atoms in total. The van der Waals surface area contributed by atoms with Gasteiger partial charge in [0, 0.05) is 13.1 Å². The van der Waals surface area contributed by atoms with Gasteiger partial charge < -0.3 is 4.90 Å². The molecule has 0 aliphatic carbocycles. The quantitative estimate of drug-likeness (QED) is 0.698. The molecule has 14 heavy (non-hydrogen) atoms. The average molecular weight is 188 g/mol. The van der Waals surface area contributed by atoms with Crippen molar-refractivity contribution in [3.63, 3.8) is 0 Å². The maximum absolute atomic E-state index is 8.47. The summed E-state index contributed by atoms with van der Waals surface area (Å²) >= 11 is 0. The molecule has 4 heteroatoms. The molecule has 0 saturated carbocycles. The molecule has 0 atom stereocenters. The van der Waals surface area contributed by atoms with E-state index in [1.807, 2.05) is 12.1 Å². The zero-order chi connectivity index (χ0) is 9.80. The van der Waals surface area contributed by atoms with Crippen LogP contribution in [-0.4, -0.2) is 23.3 Å². The molecule has 1 aromatic heterocycles. The average Bonchev–Trinajstić information content (AvgIpc) is 2.72. The van der Waals surface area contributed by atoms with Crippen molar-refractivity contribution in [1.82, 2.24) is 10.2 Å². The van der Waals surface area contributed by atoms with Gasteiger partial charge in [-0.1, -0.05) is 0 Å². The Morgan fingerprint density at radius 3 is 2.64 bits per heavy atom. The zero-order valence-corrected chi connectivity index (χ0v) is 7.98. The molecule has 0 radical (unpaired) electrons. The van der Waals surface area contributed by atoms with E-state index >= 15 is 0 Å². The summed E-state index contributed by atoms with van der Waals surface area (Å²) in [6.07, 6.45) is 2.82. The first kappa shape index (κ1) is 8.95. The van der Waals surface area contributed by atoms with E-state index in [0.29, 0.717) is 6.42 Å². The molecule has 0 bridgehead atoms. The number of rotatable bonds is 2. The molecular formula is C10H12N4. The molecular weight excluding hydrogens is 176 g/mol. The van der Waals surface area contributed by atoms with Gasteiger partial charge in [-0.25, -0.2) is 0 Å². The second kappa shape index (κ2) is 4.05. The lowest BCUT2D eigenvalue weighted by molar-refractivity contribution is 0.871. The number of hydrogen-bond acceptors (Lipinski definition) is 4. The van der Waals surface area contributed by atoms with Crippen molar-refractivity contribution in [1.29, 1.82) is 5.26 Å². The second-order valence-corrected chi connectivity index (χ2v) is 3.41. The van der Waals surface area contributed by atoms with Crippen molar-refractivity contribution in [3.05, 3.63) is 17.8 Å². The first-order valence-corrected chi connectivity index (χ1v) is 4.84. The van der Waals surface area contributed by atoms with Crippen LogP contribution in [0.2, 0.25) is 0 Å². The minimum atomic E-state index is 0.341. The number of anilines is 1. The Balaban J connectivity index is 2.09. The van der Waals surface area contributed by atoms with Gasteiger partial charge in [-0.05, 0) is 25.0 Å². The third-order valence-electron chi connectivity index (χ3n) is 2.40. The van der Waals surface area contributed by atoms with Gasteiger partial charge >= 0.3 is 0 Å². The topological polar surface area (TPSA) is 52.8 Å². The van der Waals surface area contributed by atoms with Crippen molar-refractivity contribution >= 4 is 5.82 Å². The fourth-order valence-electron chi connectivity index (χ4n) is 1.64. The normalized spacial score (nSPS) is 15.5. The van der Waals surface area contributed by atoms with Crippen LogP contribution in [0, 0.1) is 11.3 Å². The monoisotopic (exact) mass is 188 g/mol. The Morgan fingerprint density at radius 2 is 2.07 bits per heavy atom. The number of hydrogen-bond donors (Lipinski definition) is 0. The van der Waals surface area contributed by atoms with Crippen molar-refractivity contribution in [3.8, 4) is 6.07 Å². The molecule has 0 spiro atoms. The van der Waals surface area contributed by atoms with Gasteiger partial charge in [-0.15, -0.1) is 5.10 Å². The lowest BCUT2D eigenvalue weighted by Gasteiger charge is -2.14. The zero-order valence-electron chi connectivity index (χ0n) is 7.98. The van der Waals surface area contributed by atoms with Crippen LogP contribution >= 0.6 is 0 Å². The minimum absolute atomic E-state index is 0.341. The Labute approximate surface area is 83.2 Å². The van der Waals surface area contributed by atoms with Crippen LogP contribution in [0.3, 0.4) is 0 Å². The Kier molecular flexibility index (Phi) is 2.59.